The van der Waals surface area contributed by atoms with Gasteiger partial charge in [0.05, 0.1) is 23.2 Å². The molecule has 2 fully saturated rings. The molecule has 13 heteroatoms. The van der Waals surface area contributed by atoms with E-state index in [1.54, 1.807) is 39.2 Å². The fourth-order valence-electron chi connectivity index (χ4n) is 8.17. The highest BCUT2D eigenvalue weighted by atomic mass is 16.3. The first-order valence-electron chi connectivity index (χ1n) is 16.4. The van der Waals surface area contributed by atoms with E-state index < -0.39 is 63.8 Å². The number of rotatable bonds is 10. The summed E-state index contributed by atoms with van der Waals surface area (Å²) in [5, 5.41) is 49.0. The lowest BCUT2D eigenvalue weighted by molar-refractivity contribution is -0.153. The maximum absolute atomic E-state index is 14.2. The van der Waals surface area contributed by atoms with Crippen molar-refractivity contribution in [3.8, 4) is 5.75 Å². The normalized spacial score (nSPS) is 26.3. The number of aliphatic hydroxyl groups excluding tert-OH is 2. The number of amides is 2. The van der Waals surface area contributed by atoms with Gasteiger partial charge in [-0.15, -0.1) is 0 Å². The number of nitrogens with two attached hydrogens (primary N) is 1. The lowest BCUT2D eigenvalue weighted by atomic mass is 9.57. The van der Waals surface area contributed by atoms with Crippen LogP contribution in [0.25, 0.3) is 5.76 Å². The minimum Gasteiger partial charge on any atom is -0.508 e. The van der Waals surface area contributed by atoms with Crippen molar-refractivity contribution < 1.29 is 39.6 Å². The second-order valence-corrected chi connectivity index (χ2v) is 13.9. The van der Waals surface area contributed by atoms with Crippen LogP contribution in [-0.2, 0) is 25.6 Å². The number of hydrogen-bond acceptors (Lipinski definition) is 11. The van der Waals surface area contributed by atoms with Crippen molar-refractivity contribution >= 4 is 40.5 Å². The van der Waals surface area contributed by atoms with E-state index in [0.29, 0.717) is 30.4 Å². The van der Waals surface area contributed by atoms with Gasteiger partial charge in [-0.2, -0.15) is 0 Å². The average molecular weight is 654 g/mol. The van der Waals surface area contributed by atoms with Crippen LogP contribution in [-0.4, -0.2) is 113 Å². The first-order valence-corrected chi connectivity index (χ1v) is 16.4. The van der Waals surface area contributed by atoms with Crippen LogP contribution in [0.3, 0.4) is 0 Å². The fourth-order valence-corrected chi connectivity index (χ4v) is 8.17. The molecule has 13 nitrogen and oxygen atoms in total. The molecule has 1 saturated heterocycles. The van der Waals surface area contributed by atoms with Crippen LogP contribution in [0.5, 0.6) is 5.75 Å². The first-order chi connectivity index (χ1) is 22.1. The van der Waals surface area contributed by atoms with Gasteiger partial charge in [0.25, 0.3) is 5.91 Å². The van der Waals surface area contributed by atoms with Gasteiger partial charge in [-0.25, -0.2) is 0 Å². The fraction of sp³-hybridized carbons (Fsp3) is 0.588. The largest absolute Gasteiger partial charge is 0.508 e. The summed E-state index contributed by atoms with van der Waals surface area (Å²) < 4.78 is 0. The maximum atomic E-state index is 14.2. The Morgan fingerprint density at radius 3 is 2.23 bits per heavy atom. The molecule has 5 rings (SSSR count). The monoisotopic (exact) mass is 653 g/mol. The van der Waals surface area contributed by atoms with Crippen molar-refractivity contribution in [2.75, 3.05) is 51.5 Å². The SMILES string of the molecule is CCCC(CCC)N1CC(C(=O)Nc2cc(N(C)C)c3c(c2O)C(O)=C2C(=O)[C@]4(O)C(O)=C(C(N)=O)C(=O)[C@@H](N(C)C)[C@@H]4CC2C3)C1. The number of Topliss-reactive ketones (excluding diaryl/α,β-unsaturated/α-hetero) is 2. The van der Waals surface area contributed by atoms with Gasteiger partial charge in [0.15, 0.2) is 11.4 Å². The van der Waals surface area contributed by atoms with Crippen molar-refractivity contribution in [3.05, 3.63) is 34.1 Å². The van der Waals surface area contributed by atoms with Crippen LogP contribution in [0.2, 0.25) is 0 Å². The smallest absolute Gasteiger partial charge is 0.255 e. The number of nitrogens with zero attached hydrogens (tertiary/aromatic N) is 3. The van der Waals surface area contributed by atoms with Gasteiger partial charge in [-0.3, -0.25) is 29.0 Å². The van der Waals surface area contributed by atoms with E-state index in [9.17, 15) is 39.6 Å². The van der Waals surface area contributed by atoms with Crippen LogP contribution in [0, 0.1) is 17.8 Å². The topological polar surface area (TPSA) is 197 Å². The summed E-state index contributed by atoms with van der Waals surface area (Å²) in [6, 6.07) is 0.904. The highest BCUT2D eigenvalue weighted by Gasteiger charge is 2.64. The van der Waals surface area contributed by atoms with Gasteiger partial charge >= 0.3 is 0 Å². The summed E-state index contributed by atoms with van der Waals surface area (Å²) in [6.45, 7) is 5.51. The molecule has 256 valence electrons. The van der Waals surface area contributed by atoms with Gasteiger partial charge in [0.2, 0.25) is 11.7 Å². The van der Waals surface area contributed by atoms with Crippen LogP contribution in [0.15, 0.2) is 23.0 Å². The molecule has 2 amide bonds. The number of likely N-dealkylation sites (N-methyl/N-ethyl adjacent to an activating group) is 1. The predicted octanol–water partition coefficient (Wildman–Crippen LogP) is 1.87. The molecule has 47 heavy (non-hydrogen) atoms. The Balaban J connectivity index is 1.54. The van der Waals surface area contributed by atoms with Crippen molar-refractivity contribution in [2.45, 2.75) is 70.1 Å². The van der Waals surface area contributed by atoms with E-state index in [2.05, 4.69) is 24.1 Å². The molecule has 4 atom stereocenters. The Kier molecular flexibility index (Phi) is 9.21. The van der Waals surface area contributed by atoms with Gasteiger partial charge in [-0.1, -0.05) is 26.7 Å². The summed E-state index contributed by atoms with van der Waals surface area (Å²) in [4.78, 5) is 58.6. The number of ketones is 2. The van der Waals surface area contributed by atoms with Crippen molar-refractivity contribution in [2.24, 2.45) is 23.5 Å². The second-order valence-electron chi connectivity index (χ2n) is 13.9. The molecule has 0 bridgehead atoms. The first kappa shape index (κ1) is 34.4. The lowest BCUT2D eigenvalue weighted by Gasteiger charge is -2.50. The number of likely N-dealkylation sites (tertiary alicyclic amines) is 1. The summed E-state index contributed by atoms with van der Waals surface area (Å²) in [5.74, 6) is -7.75. The summed E-state index contributed by atoms with van der Waals surface area (Å²) in [7, 11) is 6.67. The van der Waals surface area contributed by atoms with Crippen LogP contribution in [0.1, 0.15) is 57.1 Å². The molecule has 1 aliphatic heterocycles. The molecule has 1 heterocycles. The third-order valence-corrected chi connectivity index (χ3v) is 10.5. The van der Waals surface area contributed by atoms with E-state index in [-0.39, 0.29) is 41.5 Å². The van der Waals surface area contributed by atoms with Gasteiger partial charge in [0.1, 0.15) is 22.8 Å². The molecule has 1 aromatic rings. The predicted molar refractivity (Wildman–Crippen MR) is 176 cm³/mol. The molecule has 1 unspecified atom stereocenters. The number of aromatic hydroxyl groups is 1. The maximum Gasteiger partial charge on any atom is 0.255 e. The molecular formula is C34H47N5O8. The number of phenols is 1. The number of hydrogen-bond donors (Lipinski definition) is 6. The number of nitrogens with one attached hydrogen (secondary N) is 1. The molecule has 1 saturated carbocycles. The third kappa shape index (κ3) is 5.38. The standard InChI is InChI=1S/C34H47N5O8/c1-7-9-18(10-8-2)39-14-17(15-39)33(46)36-21-13-22(37(3)4)19-11-16-12-20-26(38(5)6)29(42)25(32(35)45)31(44)34(20,47)30(43)23(16)28(41)24(19)27(21)40/h13,16-18,20,26,40-41,44,47H,7-12,14-15H2,1-6H3,(H2,35,45)(H,36,46)/t16?,20-,26-,34-/m0/s1. The number of aliphatic hydroxyl groups is 3. The Hall–Kier alpha value is -3.94. The van der Waals surface area contributed by atoms with Gasteiger partial charge in [0, 0.05) is 50.4 Å². The highest BCUT2D eigenvalue weighted by Crippen LogP contribution is 2.54. The molecule has 1 aromatic carbocycles. The number of carbonyl (C=O) groups excluding carboxylic acids is 4. The zero-order chi connectivity index (χ0) is 34.7. The summed E-state index contributed by atoms with van der Waals surface area (Å²) >= 11 is 0. The van der Waals surface area contributed by atoms with Crippen molar-refractivity contribution in [1.82, 2.24) is 9.80 Å². The van der Waals surface area contributed by atoms with Crippen LogP contribution >= 0.6 is 0 Å². The Labute approximate surface area is 274 Å². The molecule has 4 aliphatic rings. The molecule has 0 spiro atoms. The second kappa shape index (κ2) is 12.6. The average Bonchev–Trinajstić information content (AvgIpc) is 2.95. The van der Waals surface area contributed by atoms with Crippen LogP contribution in [0.4, 0.5) is 11.4 Å². The van der Waals surface area contributed by atoms with E-state index >= 15 is 0 Å². The number of benzene rings is 1. The quantitative estimate of drug-likeness (QED) is 0.159. The molecule has 7 N–H and O–H groups in total. The number of phenolic OH excluding ortho intramolecular Hbond substituents is 1. The van der Waals surface area contributed by atoms with E-state index in [1.807, 2.05) is 0 Å². The molecule has 3 aliphatic carbocycles. The number of primary amides is 1. The minimum absolute atomic E-state index is 0.00683. The highest BCUT2D eigenvalue weighted by molar-refractivity contribution is 6.24. The number of fused-ring (bicyclic) bond motifs is 3. The van der Waals surface area contributed by atoms with Crippen molar-refractivity contribution in [1.29, 1.82) is 0 Å². The zero-order valence-electron chi connectivity index (χ0n) is 28.0. The summed E-state index contributed by atoms with van der Waals surface area (Å²) in [5.41, 5.74) is 2.70. The molecule has 0 aromatic heterocycles. The van der Waals surface area contributed by atoms with Crippen LogP contribution < -0.4 is 16.0 Å². The Morgan fingerprint density at radius 1 is 1.09 bits per heavy atom. The lowest BCUT2D eigenvalue weighted by Crippen LogP contribution is -2.65. The Bertz CT molecular complexity index is 1570. The van der Waals surface area contributed by atoms with E-state index in [1.165, 1.54) is 4.90 Å². The zero-order valence-corrected chi connectivity index (χ0v) is 28.0. The molecular weight excluding hydrogens is 606 g/mol. The minimum atomic E-state index is -2.72. The Morgan fingerprint density at radius 2 is 1.70 bits per heavy atom. The number of carbonyl (C=O) groups is 4. The van der Waals surface area contributed by atoms with Gasteiger partial charge in [-0.05, 0) is 57.3 Å². The molecule has 0 radical (unpaired) electrons. The number of anilines is 2. The van der Waals surface area contributed by atoms with E-state index in [0.717, 1.165) is 25.7 Å². The summed E-state index contributed by atoms with van der Waals surface area (Å²) in [6.07, 6.45) is 4.39. The van der Waals surface area contributed by atoms with E-state index in [4.69, 9.17) is 5.73 Å². The van der Waals surface area contributed by atoms with Gasteiger partial charge < -0.3 is 36.4 Å². The third-order valence-electron chi connectivity index (χ3n) is 10.5. The van der Waals surface area contributed by atoms with Crippen molar-refractivity contribution in [3.63, 3.8) is 0 Å².